The van der Waals surface area contributed by atoms with Gasteiger partial charge in [0.25, 0.3) is 0 Å². The first-order valence-electron chi connectivity index (χ1n) is 6.77. The molecule has 1 unspecified atom stereocenters. The Kier molecular flexibility index (Phi) is 5.60. The number of aryl methyl sites for hydroxylation is 1. The van der Waals surface area contributed by atoms with Gasteiger partial charge in [-0.2, -0.15) is 5.10 Å². The largest absolute Gasteiger partial charge is 0.319 e. The number of aromatic nitrogens is 2. The summed E-state index contributed by atoms with van der Waals surface area (Å²) >= 11 is 7.18. The summed E-state index contributed by atoms with van der Waals surface area (Å²) in [6.07, 6.45) is 1.81. The molecule has 1 atom stereocenters. The molecule has 2 rings (SSSR count). The summed E-state index contributed by atoms with van der Waals surface area (Å²) in [5.74, 6) is 0. The summed E-state index contributed by atoms with van der Waals surface area (Å²) in [4.78, 5) is 2.13. The van der Waals surface area contributed by atoms with Crippen LogP contribution in [-0.4, -0.2) is 35.3 Å². The van der Waals surface area contributed by atoms with E-state index in [0.717, 1.165) is 33.3 Å². The van der Waals surface area contributed by atoms with Gasteiger partial charge in [0.2, 0.25) is 0 Å². The van der Waals surface area contributed by atoms with Crippen LogP contribution < -0.4 is 5.73 Å². The molecule has 6 heteroatoms. The van der Waals surface area contributed by atoms with E-state index in [1.54, 1.807) is 0 Å². The average Bonchev–Trinajstić information content (AvgIpc) is 2.77. The summed E-state index contributed by atoms with van der Waals surface area (Å²) < 4.78 is 3.95. The van der Waals surface area contributed by atoms with Gasteiger partial charge in [-0.15, -0.1) is 0 Å². The highest BCUT2D eigenvalue weighted by molar-refractivity contribution is 9.10. The number of hydrogen-bond acceptors (Lipinski definition) is 3. The van der Waals surface area contributed by atoms with Gasteiger partial charge < -0.3 is 10.6 Å². The van der Waals surface area contributed by atoms with Crippen molar-refractivity contribution >= 4 is 31.9 Å². The molecule has 1 heterocycles. The van der Waals surface area contributed by atoms with Gasteiger partial charge in [-0.3, -0.25) is 4.68 Å². The number of halogens is 2. The van der Waals surface area contributed by atoms with Crippen LogP contribution in [0.5, 0.6) is 0 Å². The van der Waals surface area contributed by atoms with Gasteiger partial charge in [0.1, 0.15) is 0 Å². The van der Waals surface area contributed by atoms with E-state index >= 15 is 0 Å². The predicted molar refractivity (Wildman–Crippen MR) is 93.4 cm³/mol. The van der Waals surface area contributed by atoms with Crippen LogP contribution in [0, 0.1) is 6.92 Å². The quantitative estimate of drug-likeness (QED) is 0.814. The van der Waals surface area contributed by atoms with Crippen molar-refractivity contribution in [3.8, 4) is 0 Å². The lowest BCUT2D eigenvalue weighted by atomic mass is 10.0. The molecular formula is C15H20Br2N4. The Labute approximate surface area is 142 Å². The molecule has 1 aromatic heterocycles. The van der Waals surface area contributed by atoms with Crippen LogP contribution in [0.3, 0.4) is 0 Å². The molecule has 4 nitrogen and oxygen atoms in total. The van der Waals surface area contributed by atoms with Gasteiger partial charge in [0.05, 0.1) is 29.0 Å². The first kappa shape index (κ1) is 16.7. The number of nitrogens with zero attached hydrogens (tertiary/aromatic N) is 3. The van der Waals surface area contributed by atoms with E-state index in [1.807, 2.05) is 10.9 Å². The zero-order valence-electron chi connectivity index (χ0n) is 12.5. The lowest BCUT2D eigenvalue weighted by molar-refractivity contribution is 0.368. The molecule has 2 N–H and O–H groups in total. The summed E-state index contributed by atoms with van der Waals surface area (Å²) in [5.41, 5.74) is 9.76. The highest BCUT2D eigenvalue weighted by Crippen LogP contribution is 2.31. The smallest absolute Gasteiger partial charge is 0.0745 e. The Hall–Kier alpha value is -0.690. The zero-order valence-corrected chi connectivity index (χ0v) is 15.6. The normalized spacial score (nSPS) is 12.9. The van der Waals surface area contributed by atoms with Crippen molar-refractivity contribution in [2.75, 3.05) is 20.6 Å². The van der Waals surface area contributed by atoms with E-state index < -0.39 is 0 Å². The summed E-state index contributed by atoms with van der Waals surface area (Å²) in [6, 6.07) is 6.01. The fraction of sp³-hybridized carbons (Fsp3) is 0.400. The van der Waals surface area contributed by atoms with Crippen molar-refractivity contribution < 1.29 is 0 Å². The molecule has 0 aliphatic carbocycles. The molecule has 0 fully saturated rings. The third-order valence-electron chi connectivity index (χ3n) is 3.38. The zero-order chi connectivity index (χ0) is 15.6. The number of hydrogen-bond donors (Lipinski definition) is 1. The monoisotopic (exact) mass is 414 g/mol. The van der Waals surface area contributed by atoms with Crippen molar-refractivity contribution in [2.24, 2.45) is 5.73 Å². The third kappa shape index (κ3) is 3.94. The van der Waals surface area contributed by atoms with Crippen LogP contribution in [0.4, 0.5) is 0 Å². The molecule has 0 bridgehead atoms. The molecular weight excluding hydrogens is 396 g/mol. The van der Waals surface area contributed by atoms with E-state index in [-0.39, 0.29) is 6.04 Å². The van der Waals surface area contributed by atoms with Gasteiger partial charge in [0, 0.05) is 11.0 Å². The SMILES string of the molecule is Cc1ccc(C(N)c2c(Br)cnn2CCN(C)C)c(Br)c1. The summed E-state index contributed by atoms with van der Waals surface area (Å²) in [7, 11) is 4.10. The van der Waals surface area contributed by atoms with Gasteiger partial charge in [0.15, 0.2) is 0 Å². The minimum Gasteiger partial charge on any atom is -0.319 e. The van der Waals surface area contributed by atoms with Gasteiger partial charge >= 0.3 is 0 Å². The van der Waals surface area contributed by atoms with Gasteiger partial charge in [-0.05, 0) is 54.1 Å². The molecule has 0 aliphatic rings. The molecule has 0 radical (unpaired) electrons. The number of nitrogens with two attached hydrogens (primary N) is 1. The van der Waals surface area contributed by atoms with Crippen LogP contribution in [0.1, 0.15) is 22.9 Å². The molecule has 1 aromatic carbocycles. The number of rotatable bonds is 5. The van der Waals surface area contributed by atoms with E-state index in [1.165, 1.54) is 5.56 Å². The minimum absolute atomic E-state index is 0.223. The highest BCUT2D eigenvalue weighted by Gasteiger charge is 2.20. The molecule has 114 valence electrons. The molecule has 2 aromatic rings. The molecule has 0 saturated heterocycles. The summed E-state index contributed by atoms with van der Waals surface area (Å²) in [5, 5.41) is 4.43. The minimum atomic E-state index is -0.223. The Balaban J connectivity index is 2.34. The molecule has 0 spiro atoms. The fourth-order valence-electron chi connectivity index (χ4n) is 2.19. The molecule has 21 heavy (non-hydrogen) atoms. The molecule has 0 saturated carbocycles. The molecule has 0 aliphatic heterocycles. The first-order valence-corrected chi connectivity index (χ1v) is 8.36. The van der Waals surface area contributed by atoms with Gasteiger partial charge in [-0.25, -0.2) is 0 Å². The van der Waals surface area contributed by atoms with Crippen LogP contribution >= 0.6 is 31.9 Å². The second kappa shape index (κ2) is 7.05. The van der Waals surface area contributed by atoms with Crippen molar-refractivity contribution in [3.63, 3.8) is 0 Å². The maximum absolute atomic E-state index is 6.49. The number of likely N-dealkylation sites (N-methyl/N-ethyl adjacent to an activating group) is 1. The predicted octanol–water partition coefficient (Wildman–Crippen LogP) is 3.33. The van der Waals surface area contributed by atoms with Gasteiger partial charge in [-0.1, -0.05) is 28.1 Å². The topological polar surface area (TPSA) is 47.1 Å². The lowest BCUT2D eigenvalue weighted by Crippen LogP contribution is -2.23. The lowest BCUT2D eigenvalue weighted by Gasteiger charge is -2.18. The second-order valence-electron chi connectivity index (χ2n) is 5.41. The highest BCUT2D eigenvalue weighted by atomic mass is 79.9. The van der Waals surface area contributed by atoms with E-state index in [2.05, 4.69) is 81.1 Å². The second-order valence-corrected chi connectivity index (χ2v) is 7.12. The third-order valence-corrected chi connectivity index (χ3v) is 4.68. The van der Waals surface area contributed by atoms with Crippen molar-refractivity contribution in [2.45, 2.75) is 19.5 Å². The van der Waals surface area contributed by atoms with Crippen LogP contribution in [-0.2, 0) is 6.54 Å². The van der Waals surface area contributed by atoms with Crippen LogP contribution in [0.25, 0.3) is 0 Å². The maximum atomic E-state index is 6.49. The van der Waals surface area contributed by atoms with Crippen molar-refractivity contribution in [1.82, 2.24) is 14.7 Å². The molecule has 0 amide bonds. The Morgan fingerprint density at radius 2 is 2.00 bits per heavy atom. The Bertz CT molecular complexity index is 622. The Morgan fingerprint density at radius 3 is 2.62 bits per heavy atom. The first-order chi connectivity index (χ1) is 9.90. The number of benzene rings is 1. The van der Waals surface area contributed by atoms with Crippen LogP contribution in [0.15, 0.2) is 33.3 Å². The van der Waals surface area contributed by atoms with E-state index in [4.69, 9.17) is 5.73 Å². The average molecular weight is 416 g/mol. The maximum Gasteiger partial charge on any atom is 0.0745 e. The van der Waals surface area contributed by atoms with Crippen molar-refractivity contribution in [1.29, 1.82) is 0 Å². The van der Waals surface area contributed by atoms with E-state index in [0.29, 0.717) is 0 Å². The van der Waals surface area contributed by atoms with E-state index in [9.17, 15) is 0 Å². The fourth-order valence-corrected chi connectivity index (χ4v) is 3.47. The summed E-state index contributed by atoms with van der Waals surface area (Å²) in [6.45, 7) is 3.80. The standard InChI is InChI=1S/C15H20Br2N4/c1-10-4-5-11(12(16)8-10)14(18)15-13(17)9-19-21(15)7-6-20(2)3/h4-5,8-9,14H,6-7,18H2,1-3H3. The van der Waals surface area contributed by atoms with Crippen molar-refractivity contribution in [3.05, 3.63) is 50.2 Å². The van der Waals surface area contributed by atoms with Crippen LogP contribution in [0.2, 0.25) is 0 Å². The Morgan fingerprint density at radius 1 is 1.29 bits per heavy atom.